The minimum atomic E-state index is -0.177. The zero-order chi connectivity index (χ0) is 19.8. The van der Waals surface area contributed by atoms with Crippen LogP contribution in [0.2, 0.25) is 0 Å². The molecule has 1 aliphatic rings. The van der Waals surface area contributed by atoms with Gasteiger partial charge in [-0.15, -0.1) is 0 Å². The van der Waals surface area contributed by atoms with Crippen molar-refractivity contribution in [2.24, 2.45) is 7.05 Å². The van der Waals surface area contributed by atoms with Crippen LogP contribution in [0.25, 0.3) is 28.1 Å². The van der Waals surface area contributed by atoms with Crippen LogP contribution in [-0.2, 0) is 11.8 Å². The second kappa shape index (κ2) is 7.05. The van der Waals surface area contributed by atoms with E-state index < -0.39 is 0 Å². The average Bonchev–Trinajstić information content (AvgIpc) is 3.36. The SMILES string of the molecule is Cn1ccc2cc(NC(=O)C=Cc3cnccc3-c3cnn(C4CC4)c3)ccc21. The fourth-order valence-electron chi connectivity index (χ4n) is 3.53. The number of anilines is 1. The minimum Gasteiger partial charge on any atom is -0.351 e. The Balaban J connectivity index is 1.34. The lowest BCUT2D eigenvalue weighted by Gasteiger charge is -2.05. The Labute approximate surface area is 168 Å². The van der Waals surface area contributed by atoms with Crippen LogP contribution in [-0.4, -0.2) is 25.2 Å². The summed E-state index contributed by atoms with van der Waals surface area (Å²) < 4.78 is 4.08. The van der Waals surface area contributed by atoms with Crippen molar-refractivity contribution in [2.75, 3.05) is 5.32 Å². The fourth-order valence-corrected chi connectivity index (χ4v) is 3.53. The Morgan fingerprint density at radius 1 is 1.21 bits per heavy atom. The molecule has 0 aliphatic heterocycles. The molecule has 3 aromatic heterocycles. The van der Waals surface area contributed by atoms with E-state index in [0.29, 0.717) is 6.04 Å². The number of aromatic nitrogens is 4. The number of nitrogens with one attached hydrogen (secondary N) is 1. The van der Waals surface area contributed by atoms with Crippen LogP contribution >= 0.6 is 0 Å². The number of amides is 1. The van der Waals surface area contributed by atoms with Gasteiger partial charge in [0.15, 0.2) is 0 Å². The van der Waals surface area contributed by atoms with Gasteiger partial charge in [-0.1, -0.05) is 0 Å². The normalized spacial score (nSPS) is 14.0. The van der Waals surface area contributed by atoms with Crippen LogP contribution in [0.15, 0.2) is 67.4 Å². The van der Waals surface area contributed by atoms with E-state index in [1.807, 2.05) is 54.5 Å². The molecule has 144 valence electrons. The molecule has 6 nitrogen and oxygen atoms in total. The lowest BCUT2D eigenvalue weighted by Crippen LogP contribution is -2.07. The van der Waals surface area contributed by atoms with Gasteiger partial charge in [0, 0.05) is 65.6 Å². The zero-order valence-electron chi connectivity index (χ0n) is 16.1. The highest BCUT2D eigenvalue weighted by Crippen LogP contribution is 2.35. The number of hydrogen-bond acceptors (Lipinski definition) is 3. The molecular formula is C23H21N5O. The summed E-state index contributed by atoms with van der Waals surface area (Å²) in [7, 11) is 2.00. The van der Waals surface area contributed by atoms with Gasteiger partial charge in [0.2, 0.25) is 5.91 Å². The standard InChI is InChI=1S/C23H21N5O/c1-27-11-9-16-12-19(3-6-22(16)27)26-23(29)7-2-17-13-24-10-8-21(17)18-14-25-28(15-18)20-4-5-20/h2-3,6-15,20H,4-5H2,1H3,(H,26,29). The van der Waals surface area contributed by atoms with E-state index in [-0.39, 0.29) is 5.91 Å². The molecule has 0 unspecified atom stereocenters. The van der Waals surface area contributed by atoms with Gasteiger partial charge in [-0.2, -0.15) is 5.10 Å². The highest BCUT2D eigenvalue weighted by atomic mass is 16.1. The van der Waals surface area contributed by atoms with Crippen LogP contribution in [0, 0.1) is 0 Å². The maximum absolute atomic E-state index is 12.4. The average molecular weight is 383 g/mol. The first-order valence-electron chi connectivity index (χ1n) is 9.70. The van der Waals surface area contributed by atoms with Crippen molar-refractivity contribution in [1.29, 1.82) is 0 Å². The molecular weight excluding hydrogens is 362 g/mol. The van der Waals surface area contributed by atoms with E-state index in [4.69, 9.17) is 0 Å². The van der Waals surface area contributed by atoms with Crippen molar-refractivity contribution in [1.82, 2.24) is 19.3 Å². The van der Waals surface area contributed by atoms with Gasteiger partial charge in [0.1, 0.15) is 0 Å². The minimum absolute atomic E-state index is 0.177. The Kier molecular flexibility index (Phi) is 4.24. The van der Waals surface area contributed by atoms with Crippen LogP contribution in [0.3, 0.4) is 0 Å². The molecule has 0 bridgehead atoms. The van der Waals surface area contributed by atoms with Crippen molar-refractivity contribution < 1.29 is 4.79 Å². The number of aryl methyl sites for hydroxylation is 1. The van der Waals surface area contributed by atoms with E-state index in [2.05, 4.69) is 26.2 Å². The van der Waals surface area contributed by atoms with Gasteiger partial charge in [0.25, 0.3) is 0 Å². The van der Waals surface area contributed by atoms with Gasteiger partial charge in [-0.25, -0.2) is 0 Å². The number of pyridine rings is 1. The van der Waals surface area contributed by atoms with Crippen LogP contribution in [0.4, 0.5) is 5.69 Å². The zero-order valence-corrected chi connectivity index (χ0v) is 16.1. The van der Waals surface area contributed by atoms with Crippen molar-refractivity contribution in [2.45, 2.75) is 18.9 Å². The predicted octanol–water partition coefficient (Wildman–Crippen LogP) is 4.42. The van der Waals surface area contributed by atoms with Gasteiger partial charge < -0.3 is 9.88 Å². The smallest absolute Gasteiger partial charge is 0.248 e. The summed E-state index contributed by atoms with van der Waals surface area (Å²) >= 11 is 0. The molecule has 1 N–H and O–H groups in total. The van der Waals surface area contributed by atoms with Crippen LogP contribution < -0.4 is 5.32 Å². The molecule has 29 heavy (non-hydrogen) atoms. The first kappa shape index (κ1) is 17.4. The van der Waals surface area contributed by atoms with Crippen molar-refractivity contribution in [3.63, 3.8) is 0 Å². The monoisotopic (exact) mass is 383 g/mol. The molecule has 0 atom stereocenters. The summed E-state index contributed by atoms with van der Waals surface area (Å²) in [5, 5.41) is 8.49. The lowest BCUT2D eigenvalue weighted by atomic mass is 10.0. The molecule has 6 heteroatoms. The second-order valence-corrected chi connectivity index (χ2v) is 7.43. The predicted molar refractivity (Wildman–Crippen MR) is 114 cm³/mol. The molecule has 1 fully saturated rings. The van der Waals surface area contributed by atoms with E-state index in [1.54, 1.807) is 24.5 Å². The number of rotatable bonds is 5. The lowest BCUT2D eigenvalue weighted by molar-refractivity contribution is -0.111. The molecule has 5 rings (SSSR count). The van der Waals surface area contributed by atoms with E-state index in [1.165, 1.54) is 12.8 Å². The molecule has 0 saturated heterocycles. The van der Waals surface area contributed by atoms with Crippen LogP contribution in [0.5, 0.6) is 0 Å². The Hall–Kier alpha value is -3.67. The Morgan fingerprint density at radius 3 is 2.97 bits per heavy atom. The largest absolute Gasteiger partial charge is 0.351 e. The highest BCUT2D eigenvalue weighted by molar-refractivity contribution is 6.03. The molecule has 0 spiro atoms. The molecule has 1 saturated carbocycles. The van der Waals surface area contributed by atoms with E-state index in [9.17, 15) is 4.79 Å². The summed E-state index contributed by atoms with van der Waals surface area (Å²) in [5.41, 5.74) is 4.84. The number of carbonyl (C=O) groups is 1. The van der Waals surface area contributed by atoms with Crippen molar-refractivity contribution in [3.05, 3.63) is 73.0 Å². The van der Waals surface area contributed by atoms with E-state index in [0.717, 1.165) is 33.3 Å². The summed E-state index contributed by atoms with van der Waals surface area (Å²) in [6, 6.07) is 10.4. The summed E-state index contributed by atoms with van der Waals surface area (Å²) in [5.74, 6) is -0.177. The molecule has 1 aromatic carbocycles. The number of hydrogen-bond donors (Lipinski definition) is 1. The first-order chi connectivity index (χ1) is 14.2. The molecule has 4 aromatic rings. The summed E-state index contributed by atoms with van der Waals surface area (Å²) in [4.78, 5) is 16.6. The topological polar surface area (TPSA) is 64.7 Å². The van der Waals surface area contributed by atoms with Gasteiger partial charge in [-0.05, 0) is 54.8 Å². The van der Waals surface area contributed by atoms with E-state index >= 15 is 0 Å². The number of benzene rings is 1. The van der Waals surface area contributed by atoms with Gasteiger partial charge >= 0.3 is 0 Å². The van der Waals surface area contributed by atoms with Crippen LogP contribution in [0.1, 0.15) is 24.4 Å². The number of fused-ring (bicyclic) bond motifs is 1. The quantitative estimate of drug-likeness (QED) is 0.519. The molecule has 1 amide bonds. The Morgan fingerprint density at radius 2 is 2.10 bits per heavy atom. The second-order valence-electron chi connectivity index (χ2n) is 7.43. The maximum Gasteiger partial charge on any atom is 0.248 e. The third-order valence-corrected chi connectivity index (χ3v) is 5.25. The number of carbonyl (C=O) groups excluding carboxylic acids is 1. The van der Waals surface area contributed by atoms with Crippen molar-refractivity contribution in [3.8, 4) is 11.1 Å². The third-order valence-electron chi connectivity index (χ3n) is 5.25. The highest BCUT2D eigenvalue weighted by Gasteiger charge is 2.24. The number of nitrogens with zero attached hydrogens (tertiary/aromatic N) is 4. The first-order valence-corrected chi connectivity index (χ1v) is 9.70. The third kappa shape index (κ3) is 3.57. The van der Waals surface area contributed by atoms with Gasteiger partial charge in [-0.3, -0.25) is 14.5 Å². The summed E-state index contributed by atoms with van der Waals surface area (Å²) in [6.45, 7) is 0. The fraction of sp³-hybridized carbons (Fsp3) is 0.174. The molecule has 0 radical (unpaired) electrons. The Bertz CT molecular complexity index is 1230. The molecule has 3 heterocycles. The van der Waals surface area contributed by atoms with Crippen molar-refractivity contribution >= 4 is 28.6 Å². The maximum atomic E-state index is 12.4. The van der Waals surface area contributed by atoms with Gasteiger partial charge in [0.05, 0.1) is 12.2 Å². The molecule has 1 aliphatic carbocycles. The summed E-state index contributed by atoms with van der Waals surface area (Å²) in [6.07, 6.45) is 15.2.